The number of nitrogens with one attached hydrogen (secondary N) is 4. The number of rotatable bonds is 19. The first-order chi connectivity index (χ1) is 26.9. The summed E-state index contributed by atoms with van der Waals surface area (Å²) in [6.07, 6.45) is -4.43. The standard InChI is InChI=1S/C44H54N4O8/c1-29(2)37(47-41(51)35(25-31-17-9-5-10-18-31)45-43(53)55-27-33-21-13-7-14-22-33)39(49)40(50)38(30(3)4)48-42(52)36(26-32-19-11-6-12-20-32)46-44(54)56-28-34-23-15-8-16-24-34/h5-24,29-30,35-40,49-50H,25-28H2,1-4H3,(H,45,53)(H,46,54)(H,47,51)(H,48,52)/t35-,36-,37-,38-,39+,40+/m0/s1. The Bertz CT molecular complexity index is 1660. The van der Waals surface area contributed by atoms with Crippen molar-refractivity contribution in [1.82, 2.24) is 21.3 Å². The fraction of sp³-hybridized carbons (Fsp3) is 0.364. The van der Waals surface area contributed by atoms with Crippen LogP contribution in [0.1, 0.15) is 49.9 Å². The predicted octanol–water partition coefficient (Wildman–Crippen LogP) is 5.07. The minimum atomic E-state index is -1.55. The van der Waals surface area contributed by atoms with E-state index in [1.54, 1.807) is 27.7 Å². The SMILES string of the molecule is CC(C)[C@H](NC(=O)[C@H](Cc1ccccc1)NC(=O)OCc1ccccc1)[C@@H](O)[C@H](O)[C@@H](NC(=O)[C@H](Cc1ccccc1)NC(=O)OCc1ccccc1)C(C)C. The van der Waals surface area contributed by atoms with Gasteiger partial charge < -0.3 is 41.0 Å². The van der Waals surface area contributed by atoms with Crippen LogP contribution in [-0.2, 0) is 45.1 Å². The van der Waals surface area contributed by atoms with Crippen molar-refractivity contribution in [3.63, 3.8) is 0 Å². The summed E-state index contributed by atoms with van der Waals surface area (Å²) in [5.74, 6) is -1.97. The van der Waals surface area contributed by atoms with Crippen molar-refractivity contribution in [1.29, 1.82) is 0 Å². The lowest BCUT2D eigenvalue weighted by Gasteiger charge is -2.37. The molecule has 0 saturated heterocycles. The number of hydrogen-bond donors (Lipinski definition) is 6. The van der Waals surface area contributed by atoms with Crippen LogP contribution in [0.3, 0.4) is 0 Å². The van der Waals surface area contributed by atoms with Gasteiger partial charge in [0.25, 0.3) is 0 Å². The lowest BCUT2D eigenvalue weighted by atomic mass is 9.87. The highest BCUT2D eigenvalue weighted by atomic mass is 16.6. The van der Waals surface area contributed by atoms with Crippen molar-refractivity contribution in [2.45, 2.75) is 90.1 Å². The van der Waals surface area contributed by atoms with Crippen molar-refractivity contribution < 1.29 is 38.9 Å². The highest BCUT2D eigenvalue weighted by molar-refractivity contribution is 5.87. The first kappa shape index (κ1) is 43.0. The lowest BCUT2D eigenvalue weighted by Crippen LogP contribution is -2.62. The van der Waals surface area contributed by atoms with E-state index in [-0.39, 0.29) is 37.9 Å². The first-order valence-electron chi connectivity index (χ1n) is 18.9. The molecule has 6 atom stereocenters. The van der Waals surface area contributed by atoms with Gasteiger partial charge in [-0.15, -0.1) is 0 Å². The Kier molecular flexibility index (Phi) is 16.9. The van der Waals surface area contributed by atoms with Gasteiger partial charge in [0.05, 0.1) is 12.1 Å². The van der Waals surface area contributed by atoms with E-state index in [1.165, 1.54) is 0 Å². The fourth-order valence-corrected chi connectivity index (χ4v) is 6.18. The monoisotopic (exact) mass is 766 g/mol. The zero-order valence-electron chi connectivity index (χ0n) is 32.3. The van der Waals surface area contributed by atoms with Gasteiger partial charge in [-0.2, -0.15) is 0 Å². The molecule has 0 bridgehead atoms. The maximum absolute atomic E-state index is 13.9. The summed E-state index contributed by atoms with van der Waals surface area (Å²) in [7, 11) is 0. The number of amides is 4. The van der Waals surface area contributed by atoms with E-state index in [1.807, 2.05) is 121 Å². The van der Waals surface area contributed by atoms with Crippen LogP contribution >= 0.6 is 0 Å². The summed E-state index contributed by atoms with van der Waals surface area (Å²) in [6.45, 7) is 7.11. The number of alkyl carbamates (subject to hydrolysis) is 2. The Morgan fingerprint density at radius 3 is 1.04 bits per heavy atom. The highest BCUT2D eigenvalue weighted by Gasteiger charge is 2.39. The summed E-state index contributed by atoms with van der Waals surface area (Å²) in [5, 5.41) is 34.4. The third-order valence-corrected chi connectivity index (χ3v) is 9.35. The molecule has 0 aliphatic carbocycles. The highest BCUT2D eigenvalue weighted by Crippen LogP contribution is 2.18. The van der Waals surface area contributed by atoms with Crippen molar-refractivity contribution in [2.24, 2.45) is 11.8 Å². The van der Waals surface area contributed by atoms with Gasteiger partial charge in [0, 0.05) is 12.8 Å². The molecule has 0 spiro atoms. The van der Waals surface area contributed by atoms with Gasteiger partial charge in [-0.1, -0.05) is 149 Å². The first-order valence-corrected chi connectivity index (χ1v) is 18.9. The molecule has 0 heterocycles. The zero-order chi connectivity index (χ0) is 40.5. The van der Waals surface area contributed by atoms with E-state index in [0.717, 1.165) is 22.3 Å². The molecule has 0 radical (unpaired) electrons. The average Bonchev–Trinajstić information content (AvgIpc) is 3.20. The van der Waals surface area contributed by atoms with Crippen molar-refractivity contribution in [2.75, 3.05) is 0 Å². The molecule has 0 aromatic heterocycles. The molecule has 6 N–H and O–H groups in total. The summed E-state index contributed by atoms with van der Waals surface area (Å²) < 4.78 is 10.8. The van der Waals surface area contributed by atoms with Crippen molar-refractivity contribution in [3.8, 4) is 0 Å². The number of ether oxygens (including phenoxy) is 2. The Labute approximate surface area is 329 Å². The Morgan fingerprint density at radius 2 is 0.750 bits per heavy atom. The molecule has 0 saturated carbocycles. The van der Waals surface area contributed by atoms with Crippen LogP contribution in [0.2, 0.25) is 0 Å². The van der Waals surface area contributed by atoms with Crippen LogP contribution in [0.5, 0.6) is 0 Å². The molecule has 4 aromatic rings. The Balaban J connectivity index is 1.47. The second-order valence-electron chi connectivity index (χ2n) is 14.4. The molecule has 0 unspecified atom stereocenters. The maximum Gasteiger partial charge on any atom is 0.408 e. The molecule has 4 amide bonds. The number of hydrogen-bond acceptors (Lipinski definition) is 8. The summed E-state index contributed by atoms with van der Waals surface area (Å²) in [5.41, 5.74) is 3.12. The third kappa shape index (κ3) is 13.8. The largest absolute Gasteiger partial charge is 0.445 e. The van der Waals surface area contributed by atoms with Gasteiger partial charge in [-0.25, -0.2) is 9.59 Å². The number of aliphatic hydroxyl groups is 2. The molecule has 4 aromatic carbocycles. The second kappa shape index (κ2) is 22.0. The average molecular weight is 767 g/mol. The topological polar surface area (TPSA) is 175 Å². The van der Waals surface area contributed by atoms with Crippen LogP contribution in [0.25, 0.3) is 0 Å². The number of aliphatic hydroxyl groups excluding tert-OH is 2. The minimum absolute atomic E-state index is 0.00475. The van der Waals surface area contributed by atoms with Crippen LogP contribution in [0, 0.1) is 11.8 Å². The van der Waals surface area contributed by atoms with E-state index >= 15 is 0 Å². The molecule has 0 aliphatic rings. The van der Waals surface area contributed by atoms with E-state index in [0.29, 0.717) is 0 Å². The van der Waals surface area contributed by atoms with Crippen molar-refractivity contribution >= 4 is 24.0 Å². The Hall–Kier alpha value is -5.72. The molecule has 12 heteroatoms. The molecule has 0 fully saturated rings. The molecule has 0 aliphatic heterocycles. The van der Waals surface area contributed by atoms with Gasteiger partial charge in [-0.05, 0) is 34.1 Å². The van der Waals surface area contributed by atoms with Gasteiger partial charge in [0.15, 0.2) is 0 Å². The summed E-state index contributed by atoms with van der Waals surface area (Å²) >= 11 is 0. The Morgan fingerprint density at radius 1 is 0.464 bits per heavy atom. The van der Waals surface area contributed by atoms with E-state index < -0.39 is 60.4 Å². The van der Waals surface area contributed by atoms with Crippen LogP contribution in [0.4, 0.5) is 9.59 Å². The van der Waals surface area contributed by atoms with E-state index in [9.17, 15) is 29.4 Å². The summed E-state index contributed by atoms with van der Waals surface area (Å²) in [4.78, 5) is 53.6. The normalized spacial score (nSPS) is 14.4. The van der Waals surface area contributed by atoms with Gasteiger partial charge >= 0.3 is 12.2 Å². The predicted molar refractivity (Wildman–Crippen MR) is 213 cm³/mol. The molecule has 56 heavy (non-hydrogen) atoms. The van der Waals surface area contributed by atoms with E-state index in [4.69, 9.17) is 9.47 Å². The van der Waals surface area contributed by atoms with Gasteiger partial charge in [0.1, 0.15) is 37.5 Å². The van der Waals surface area contributed by atoms with Crippen molar-refractivity contribution in [3.05, 3.63) is 144 Å². The maximum atomic E-state index is 13.9. The van der Waals surface area contributed by atoms with E-state index in [2.05, 4.69) is 21.3 Å². The van der Waals surface area contributed by atoms with Gasteiger partial charge in [0.2, 0.25) is 11.8 Å². The zero-order valence-corrected chi connectivity index (χ0v) is 32.3. The van der Waals surface area contributed by atoms with Crippen LogP contribution < -0.4 is 21.3 Å². The van der Waals surface area contributed by atoms with Crippen LogP contribution in [-0.4, -0.2) is 70.6 Å². The number of benzene rings is 4. The molecule has 12 nitrogen and oxygen atoms in total. The fourth-order valence-electron chi connectivity index (χ4n) is 6.18. The third-order valence-electron chi connectivity index (χ3n) is 9.35. The minimum Gasteiger partial charge on any atom is -0.445 e. The summed E-state index contributed by atoms with van der Waals surface area (Å²) in [6, 6.07) is 32.4. The quantitative estimate of drug-likeness (QED) is 0.0768. The molecular weight excluding hydrogens is 713 g/mol. The van der Waals surface area contributed by atoms with Gasteiger partial charge in [-0.3, -0.25) is 9.59 Å². The molecular formula is C44H54N4O8. The number of carbonyl (C=O) groups is 4. The molecule has 4 rings (SSSR count). The molecule has 298 valence electrons. The smallest absolute Gasteiger partial charge is 0.408 e. The second-order valence-corrected chi connectivity index (χ2v) is 14.4. The number of carbonyl (C=O) groups excluding carboxylic acids is 4. The lowest BCUT2D eigenvalue weighted by molar-refractivity contribution is -0.129. The van der Waals surface area contributed by atoms with Crippen LogP contribution in [0.15, 0.2) is 121 Å².